The molecular formula is C18H22N2O5. The molecule has 0 fully saturated rings. The van der Waals surface area contributed by atoms with Gasteiger partial charge >= 0.3 is 12.2 Å². The summed E-state index contributed by atoms with van der Waals surface area (Å²) in [6.45, 7) is 5.60. The quantitative estimate of drug-likeness (QED) is 0.889. The Kier molecular flexibility index (Phi) is 5.36. The van der Waals surface area contributed by atoms with Crippen molar-refractivity contribution in [2.24, 2.45) is 0 Å². The maximum Gasteiger partial charge on any atom is 0.412 e. The standard InChI is InChI=1S/C18H22N2O5/c1-18(2,3)25-14-10-13(23-16(21)19-4)11-8-6-7-9-12(11)15(14)24-17(22)20-5/h6-10H,1-5H3,(H,19,21)(H,20,22). The van der Waals surface area contributed by atoms with E-state index in [1.165, 1.54) is 14.1 Å². The molecule has 7 heteroatoms. The summed E-state index contributed by atoms with van der Waals surface area (Å²) < 4.78 is 16.7. The van der Waals surface area contributed by atoms with Crippen molar-refractivity contribution in [1.29, 1.82) is 0 Å². The number of carbonyl (C=O) groups excluding carboxylic acids is 2. The highest BCUT2D eigenvalue weighted by Gasteiger charge is 2.23. The molecule has 0 saturated heterocycles. The zero-order chi connectivity index (χ0) is 18.6. The number of nitrogens with one attached hydrogen (secondary N) is 2. The third-order valence-corrected chi connectivity index (χ3v) is 3.14. The minimum Gasteiger partial charge on any atom is -0.484 e. The third-order valence-electron chi connectivity index (χ3n) is 3.14. The first-order chi connectivity index (χ1) is 11.7. The summed E-state index contributed by atoms with van der Waals surface area (Å²) >= 11 is 0. The molecule has 25 heavy (non-hydrogen) atoms. The van der Waals surface area contributed by atoms with Gasteiger partial charge < -0.3 is 24.8 Å². The first kappa shape index (κ1) is 18.4. The number of ether oxygens (including phenoxy) is 3. The van der Waals surface area contributed by atoms with E-state index in [9.17, 15) is 9.59 Å². The summed E-state index contributed by atoms with van der Waals surface area (Å²) in [5.74, 6) is 0.862. The van der Waals surface area contributed by atoms with E-state index in [2.05, 4.69) is 10.6 Å². The molecule has 2 amide bonds. The van der Waals surface area contributed by atoms with Crippen LogP contribution >= 0.6 is 0 Å². The van der Waals surface area contributed by atoms with Gasteiger partial charge in [-0.25, -0.2) is 9.59 Å². The lowest BCUT2D eigenvalue weighted by molar-refractivity contribution is 0.124. The predicted octanol–water partition coefficient (Wildman–Crippen LogP) is 3.45. The number of hydrogen-bond acceptors (Lipinski definition) is 5. The third kappa shape index (κ3) is 4.53. The highest BCUT2D eigenvalue weighted by atomic mass is 16.6. The first-order valence-electron chi connectivity index (χ1n) is 7.79. The molecule has 0 bridgehead atoms. The Morgan fingerprint density at radius 2 is 1.44 bits per heavy atom. The monoisotopic (exact) mass is 346 g/mol. The van der Waals surface area contributed by atoms with Gasteiger partial charge in [0.2, 0.25) is 0 Å². The Hall–Kier alpha value is -2.96. The summed E-state index contributed by atoms with van der Waals surface area (Å²) in [7, 11) is 2.94. The van der Waals surface area contributed by atoms with Gasteiger partial charge in [-0.1, -0.05) is 24.3 Å². The molecule has 0 aliphatic rings. The van der Waals surface area contributed by atoms with E-state index in [1.807, 2.05) is 20.8 Å². The van der Waals surface area contributed by atoms with Crippen LogP contribution in [0.3, 0.4) is 0 Å². The molecule has 0 unspecified atom stereocenters. The van der Waals surface area contributed by atoms with E-state index in [-0.39, 0.29) is 5.75 Å². The molecule has 0 aliphatic carbocycles. The van der Waals surface area contributed by atoms with Gasteiger partial charge in [-0.05, 0) is 20.8 Å². The van der Waals surface area contributed by atoms with Crippen molar-refractivity contribution in [2.45, 2.75) is 26.4 Å². The zero-order valence-corrected chi connectivity index (χ0v) is 14.9. The van der Waals surface area contributed by atoms with Crippen molar-refractivity contribution in [3.8, 4) is 17.2 Å². The molecule has 0 heterocycles. The van der Waals surface area contributed by atoms with Crippen LogP contribution in [-0.2, 0) is 0 Å². The van der Waals surface area contributed by atoms with Crippen molar-refractivity contribution in [3.05, 3.63) is 30.3 Å². The Labute approximate surface area is 146 Å². The molecule has 0 aliphatic heterocycles. The number of carbonyl (C=O) groups is 2. The lowest BCUT2D eigenvalue weighted by Gasteiger charge is -2.24. The Balaban J connectivity index is 2.68. The number of fused-ring (bicyclic) bond motifs is 1. The van der Waals surface area contributed by atoms with Gasteiger partial charge in [0.15, 0.2) is 11.5 Å². The molecule has 0 atom stereocenters. The second-order valence-electron chi connectivity index (χ2n) is 6.24. The molecule has 2 N–H and O–H groups in total. The highest BCUT2D eigenvalue weighted by molar-refractivity contribution is 5.98. The van der Waals surface area contributed by atoms with Crippen LogP contribution in [0.1, 0.15) is 20.8 Å². The van der Waals surface area contributed by atoms with Gasteiger partial charge in [0.05, 0.1) is 0 Å². The minimum atomic E-state index is -0.621. The van der Waals surface area contributed by atoms with Crippen LogP contribution in [0.5, 0.6) is 17.2 Å². The van der Waals surface area contributed by atoms with Crippen LogP contribution in [-0.4, -0.2) is 31.9 Å². The van der Waals surface area contributed by atoms with Gasteiger partial charge in [-0.2, -0.15) is 0 Å². The van der Waals surface area contributed by atoms with Crippen molar-refractivity contribution < 1.29 is 23.8 Å². The summed E-state index contributed by atoms with van der Waals surface area (Å²) in [6, 6.07) is 8.67. The predicted molar refractivity (Wildman–Crippen MR) is 94.5 cm³/mol. The summed E-state index contributed by atoms with van der Waals surface area (Å²) in [6.07, 6.45) is -1.23. The molecule has 0 spiro atoms. The molecule has 7 nitrogen and oxygen atoms in total. The van der Waals surface area contributed by atoms with E-state index in [0.29, 0.717) is 22.3 Å². The normalized spacial score (nSPS) is 10.9. The van der Waals surface area contributed by atoms with Gasteiger partial charge in [-0.15, -0.1) is 0 Å². The second-order valence-corrected chi connectivity index (χ2v) is 6.24. The first-order valence-corrected chi connectivity index (χ1v) is 7.79. The smallest absolute Gasteiger partial charge is 0.412 e. The van der Waals surface area contributed by atoms with Crippen LogP contribution in [0.4, 0.5) is 9.59 Å². The number of benzene rings is 2. The summed E-state index contributed by atoms with van der Waals surface area (Å²) in [4.78, 5) is 23.4. The average molecular weight is 346 g/mol. The van der Waals surface area contributed by atoms with Gasteiger partial charge in [-0.3, -0.25) is 0 Å². The number of amides is 2. The van der Waals surface area contributed by atoms with Crippen LogP contribution < -0.4 is 24.8 Å². The maximum atomic E-state index is 11.8. The van der Waals surface area contributed by atoms with E-state index in [4.69, 9.17) is 14.2 Å². The highest BCUT2D eigenvalue weighted by Crippen LogP contribution is 2.43. The molecule has 2 aromatic rings. The SMILES string of the molecule is CNC(=O)Oc1cc(OC(C)(C)C)c(OC(=O)NC)c2ccccc12. The largest absolute Gasteiger partial charge is 0.484 e. The minimum absolute atomic E-state index is 0.258. The summed E-state index contributed by atoms with van der Waals surface area (Å²) in [5.41, 5.74) is -0.548. The topological polar surface area (TPSA) is 85.9 Å². The van der Waals surface area contributed by atoms with E-state index in [0.717, 1.165) is 0 Å². The van der Waals surface area contributed by atoms with Crippen LogP contribution in [0.25, 0.3) is 10.8 Å². The Bertz CT molecular complexity index is 796. The maximum absolute atomic E-state index is 11.8. The van der Waals surface area contributed by atoms with Gasteiger partial charge in [0, 0.05) is 30.9 Å². The van der Waals surface area contributed by atoms with Crippen LogP contribution in [0.2, 0.25) is 0 Å². The molecule has 2 rings (SSSR count). The van der Waals surface area contributed by atoms with E-state index >= 15 is 0 Å². The fourth-order valence-electron chi connectivity index (χ4n) is 2.18. The van der Waals surface area contributed by atoms with Crippen molar-refractivity contribution >= 4 is 23.0 Å². The Morgan fingerprint density at radius 1 is 0.880 bits per heavy atom. The lowest BCUT2D eigenvalue weighted by Crippen LogP contribution is -2.26. The van der Waals surface area contributed by atoms with Crippen LogP contribution in [0.15, 0.2) is 30.3 Å². The Morgan fingerprint density at radius 3 is 2.00 bits per heavy atom. The molecule has 2 aromatic carbocycles. The van der Waals surface area contributed by atoms with Gasteiger partial charge in [0.1, 0.15) is 11.4 Å². The molecule has 0 radical (unpaired) electrons. The van der Waals surface area contributed by atoms with E-state index < -0.39 is 17.8 Å². The average Bonchev–Trinajstić information content (AvgIpc) is 2.56. The van der Waals surface area contributed by atoms with Crippen molar-refractivity contribution in [1.82, 2.24) is 10.6 Å². The molecular weight excluding hydrogens is 324 g/mol. The zero-order valence-electron chi connectivity index (χ0n) is 14.9. The molecule has 0 aromatic heterocycles. The van der Waals surface area contributed by atoms with Crippen LogP contribution in [0, 0.1) is 0 Å². The fourth-order valence-corrected chi connectivity index (χ4v) is 2.18. The molecule has 0 saturated carbocycles. The van der Waals surface area contributed by atoms with E-state index in [1.54, 1.807) is 30.3 Å². The van der Waals surface area contributed by atoms with Gasteiger partial charge in [0.25, 0.3) is 0 Å². The van der Waals surface area contributed by atoms with Crippen molar-refractivity contribution in [2.75, 3.05) is 14.1 Å². The summed E-state index contributed by atoms with van der Waals surface area (Å²) in [5, 5.41) is 6.02. The second kappa shape index (κ2) is 7.29. The fraction of sp³-hybridized carbons (Fsp3) is 0.333. The lowest BCUT2D eigenvalue weighted by atomic mass is 10.1. The molecule has 134 valence electrons. The van der Waals surface area contributed by atoms with Crippen molar-refractivity contribution in [3.63, 3.8) is 0 Å². The number of hydrogen-bond donors (Lipinski definition) is 2. The number of rotatable bonds is 3.